The van der Waals surface area contributed by atoms with Crippen LogP contribution in [0.2, 0.25) is 0 Å². The predicted octanol–water partition coefficient (Wildman–Crippen LogP) is 0.709. The third-order valence-electron chi connectivity index (χ3n) is 2.67. The molecule has 0 saturated heterocycles. The van der Waals surface area contributed by atoms with E-state index in [1.807, 2.05) is 0 Å². The van der Waals surface area contributed by atoms with Crippen molar-refractivity contribution in [2.45, 2.75) is 25.7 Å². The van der Waals surface area contributed by atoms with Crippen molar-refractivity contribution in [3.63, 3.8) is 0 Å². The molecule has 72 valence electrons. The molecule has 0 atom stereocenters. The third kappa shape index (κ3) is 0.921. The summed E-state index contributed by atoms with van der Waals surface area (Å²) in [5, 5.41) is 13.8. The van der Waals surface area contributed by atoms with Gasteiger partial charge in [-0.25, -0.2) is 4.98 Å². The number of fused-ring (bicyclic) bond motifs is 2. The summed E-state index contributed by atoms with van der Waals surface area (Å²) in [6.45, 7) is 0. The van der Waals surface area contributed by atoms with Crippen molar-refractivity contribution >= 4 is 5.78 Å². The first-order valence-corrected chi connectivity index (χ1v) is 4.77. The molecule has 1 aliphatic rings. The van der Waals surface area contributed by atoms with Crippen LogP contribution in [0.15, 0.2) is 6.33 Å². The first-order valence-electron chi connectivity index (χ1n) is 4.77. The normalized spacial score (nSPS) is 15.7. The molecule has 2 aromatic rings. The molecule has 5 nitrogen and oxygen atoms in total. The van der Waals surface area contributed by atoms with Gasteiger partial charge in [0.1, 0.15) is 6.33 Å². The van der Waals surface area contributed by atoms with E-state index < -0.39 is 0 Å². The average Bonchev–Trinajstić information content (AvgIpc) is 2.66. The van der Waals surface area contributed by atoms with Gasteiger partial charge in [0.2, 0.25) is 5.88 Å². The highest BCUT2D eigenvalue weighted by Gasteiger charge is 2.18. The minimum absolute atomic E-state index is 0.210. The zero-order valence-electron chi connectivity index (χ0n) is 7.64. The Hall–Kier alpha value is -1.65. The van der Waals surface area contributed by atoms with Gasteiger partial charge in [-0.1, -0.05) is 0 Å². The Bertz CT molecular complexity index is 491. The highest BCUT2D eigenvalue weighted by atomic mass is 16.3. The van der Waals surface area contributed by atoms with Gasteiger partial charge >= 0.3 is 0 Å². The molecular weight excluding hydrogens is 180 g/mol. The van der Waals surface area contributed by atoms with E-state index in [0.717, 1.165) is 36.9 Å². The van der Waals surface area contributed by atoms with Crippen molar-refractivity contribution < 1.29 is 5.11 Å². The molecule has 14 heavy (non-hydrogen) atoms. The maximum Gasteiger partial charge on any atom is 0.255 e. The first kappa shape index (κ1) is 7.73. The van der Waals surface area contributed by atoms with Crippen LogP contribution in [0.5, 0.6) is 5.88 Å². The lowest BCUT2D eigenvalue weighted by molar-refractivity contribution is 0.421. The van der Waals surface area contributed by atoms with Gasteiger partial charge in [-0.3, -0.25) is 0 Å². The van der Waals surface area contributed by atoms with Crippen molar-refractivity contribution in [3.05, 3.63) is 17.6 Å². The molecule has 5 heteroatoms. The summed E-state index contributed by atoms with van der Waals surface area (Å²) < 4.78 is 1.39. The number of aromatic nitrogens is 4. The van der Waals surface area contributed by atoms with Crippen molar-refractivity contribution in [2.24, 2.45) is 0 Å². The number of rotatable bonds is 0. The van der Waals surface area contributed by atoms with Gasteiger partial charge in [0.25, 0.3) is 5.78 Å². The summed E-state index contributed by atoms with van der Waals surface area (Å²) in [7, 11) is 0. The van der Waals surface area contributed by atoms with E-state index >= 15 is 0 Å². The van der Waals surface area contributed by atoms with Crippen molar-refractivity contribution in [2.75, 3.05) is 0 Å². The molecule has 0 spiro atoms. The van der Waals surface area contributed by atoms with E-state index in [-0.39, 0.29) is 5.88 Å². The van der Waals surface area contributed by atoms with Crippen LogP contribution in [0.25, 0.3) is 5.78 Å². The predicted molar refractivity (Wildman–Crippen MR) is 49.1 cm³/mol. The first-order chi connectivity index (χ1) is 6.86. The smallest absolute Gasteiger partial charge is 0.255 e. The van der Waals surface area contributed by atoms with Crippen molar-refractivity contribution in [1.82, 2.24) is 19.6 Å². The Morgan fingerprint density at radius 1 is 1.29 bits per heavy atom. The third-order valence-corrected chi connectivity index (χ3v) is 2.67. The largest absolute Gasteiger partial charge is 0.493 e. The summed E-state index contributed by atoms with van der Waals surface area (Å²) in [5.74, 6) is 0.699. The Morgan fingerprint density at radius 2 is 2.14 bits per heavy atom. The fraction of sp³-hybridized carbons (Fsp3) is 0.444. The number of aryl methyl sites for hydroxylation is 1. The van der Waals surface area contributed by atoms with E-state index in [1.54, 1.807) is 0 Å². The average molecular weight is 190 g/mol. The van der Waals surface area contributed by atoms with Gasteiger partial charge in [-0.05, 0) is 25.7 Å². The summed E-state index contributed by atoms with van der Waals surface area (Å²) in [6.07, 6.45) is 5.50. The van der Waals surface area contributed by atoms with E-state index in [4.69, 9.17) is 0 Å². The minimum atomic E-state index is 0.210. The van der Waals surface area contributed by atoms with Crippen LogP contribution < -0.4 is 0 Å². The minimum Gasteiger partial charge on any atom is -0.493 e. The van der Waals surface area contributed by atoms with Gasteiger partial charge < -0.3 is 5.11 Å². The number of hydrogen-bond donors (Lipinski definition) is 1. The molecule has 1 N–H and O–H groups in total. The van der Waals surface area contributed by atoms with Crippen LogP contribution in [-0.2, 0) is 12.8 Å². The molecule has 0 aromatic carbocycles. The summed E-state index contributed by atoms with van der Waals surface area (Å²) in [6, 6.07) is 0. The van der Waals surface area contributed by atoms with Crippen LogP contribution in [0.1, 0.15) is 24.1 Å². The quantitative estimate of drug-likeness (QED) is 0.664. The van der Waals surface area contributed by atoms with E-state index in [0.29, 0.717) is 5.78 Å². The fourth-order valence-corrected chi connectivity index (χ4v) is 1.96. The number of nitrogens with zero attached hydrogens (tertiary/aromatic N) is 4. The van der Waals surface area contributed by atoms with Crippen LogP contribution in [0.4, 0.5) is 0 Å². The number of aromatic hydroxyl groups is 1. The molecule has 0 unspecified atom stereocenters. The molecule has 0 aliphatic heterocycles. The van der Waals surface area contributed by atoms with Gasteiger partial charge in [0.15, 0.2) is 0 Å². The standard InChI is InChI=1S/C9H10N4O/c14-8-6-3-1-2-4-7(6)12-9-10-5-11-13(8)9/h5,14H,1-4H2. The lowest BCUT2D eigenvalue weighted by atomic mass is 9.97. The molecule has 2 heterocycles. The highest BCUT2D eigenvalue weighted by molar-refractivity contribution is 5.40. The van der Waals surface area contributed by atoms with Crippen molar-refractivity contribution in [1.29, 1.82) is 0 Å². The van der Waals surface area contributed by atoms with Gasteiger partial charge in [0.05, 0.1) is 5.69 Å². The maximum absolute atomic E-state index is 9.90. The Balaban J connectivity index is 2.36. The molecule has 0 bridgehead atoms. The molecule has 0 radical (unpaired) electrons. The van der Waals surface area contributed by atoms with E-state index in [2.05, 4.69) is 15.1 Å². The summed E-state index contributed by atoms with van der Waals surface area (Å²) >= 11 is 0. The maximum atomic E-state index is 9.90. The summed E-state index contributed by atoms with van der Waals surface area (Å²) in [5.41, 5.74) is 1.92. The summed E-state index contributed by atoms with van der Waals surface area (Å²) in [4.78, 5) is 8.33. The molecule has 1 aliphatic carbocycles. The molecular formula is C9H10N4O. The molecule has 0 fully saturated rings. The van der Waals surface area contributed by atoms with Crippen LogP contribution in [0.3, 0.4) is 0 Å². The van der Waals surface area contributed by atoms with E-state index in [1.165, 1.54) is 10.8 Å². The van der Waals surface area contributed by atoms with E-state index in [9.17, 15) is 5.11 Å². The molecule has 2 aromatic heterocycles. The second-order valence-electron chi connectivity index (χ2n) is 3.54. The Kier molecular flexibility index (Phi) is 1.47. The molecule has 0 saturated carbocycles. The van der Waals surface area contributed by atoms with Crippen molar-refractivity contribution in [3.8, 4) is 5.88 Å². The monoisotopic (exact) mass is 190 g/mol. The number of hydrogen-bond acceptors (Lipinski definition) is 4. The van der Waals surface area contributed by atoms with Gasteiger partial charge in [-0.15, -0.1) is 0 Å². The second-order valence-corrected chi connectivity index (χ2v) is 3.54. The lowest BCUT2D eigenvalue weighted by Gasteiger charge is -2.15. The van der Waals surface area contributed by atoms with Gasteiger partial charge in [-0.2, -0.15) is 14.6 Å². The lowest BCUT2D eigenvalue weighted by Crippen LogP contribution is -2.09. The zero-order valence-corrected chi connectivity index (χ0v) is 7.64. The Morgan fingerprint density at radius 3 is 3.07 bits per heavy atom. The highest BCUT2D eigenvalue weighted by Crippen LogP contribution is 2.27. The fourth-order valence-electron chi connectivity index (χ4n) is 1.96. The zero-order chi connectivity index (χ0) is 9.54. The molecule has 3 rings (SSSR count). The van der Waals surface area contributed by atoms with Crippen LogP contribution in [0, 0.1) is 0 Å². The van der Waals surface area contributed by atoms with Crippen LogP contribution >= 0.6 is 0 Å². The second kappa shape index (κ2) is 2.67. The molecule has 0 amide bonds. The SMILES string of the molecule is Oc1c2c(nc3ncnn13)CCCC2. The van der Waals surface area contributed by atoms with Gasteiger partial charge in [0, 0.05) is 5.56 Å². The topological polar surface area (TPSA) is 63.3 Å². The van der Waals surface area contributed by atoms with Crippen LogP contribution in [-0.4, -0.2) is 24.7 Å². The Labute approximate surface area is 80.4 Å².